The maximum Gasteiger partial charge on any atom is 0.407 e. The van der Waals surface area contributed by atoms with Gasteiger partial charge in [0, 0.05) is 12.3 Å². The number of carbonyl (C=O) groups is 2. The molecule has 0 fully saturated rings. The number of methoxy groups -OCH3 is 1. The van der Waals surface area contributed by atoms with Crippen LogP contribution in [0.2, 0.25) is 0 Å². The summed E-state index contributed by atoms with van der Waals surface area (Å²) in [6, 6.07) is 30.3. The average Bonchev–Trinajstić information content (AvgIpc) is 3.10. The van der Waals surface area contributed by atoms with Gasteiger partial charge in [-0.05, 0) is 68.2 Å². The molecule has 0 radical (unpaired) electrons. The molecule has 2 N–H and O–H groups in total. The smallest absolute Gasteiger partial charge is 0.407 e. The summed E-state index contributed by atoms with van der Waals surface area (Å²) in [6.45, 7) is 10.6. The average molecular weight is 710 g/mol. The number of thioether (sulfide) groups is 2. The fraction of sp³-hybridized carbons (Fsp3) is 0.487. The molecule has 10 heteroatoms. The molecule has 0 bridgehead atoms. The zero-order chi connectivity index (χ0) is 35.7. The Balaban J connectivity index is 2.00. The lowest BCUT2D eigenvalue weighted by Crippen LogP contribution is -2.55. The third kappa shape index (κ3) is 12.7. The van der Waals surface area contributed by atoms with E-state index in [0.717, 1.165) is 35.3 Å². The minimum absolute atomic E-state index is 0.275. The van der Waals surface area contributed by atoms with Gasteiger partial charge in [0.1, 0.15) is 11.6 Å². The van der Waals surface area contributed by atoms with Crippen molar-refractivity contribution in [3.05, 3.63) is 108 Å². The quantitative estimate of drug-likeness (QED) is 0.0687. The lowest BCUT2D eigenvalue weighted by molar-refractivity contribution is -0.230. The first kappa shape index (κ1) is 40.4. The van der Waals surface area contributed by atoms with Crippen LogP contribution in [0.15, 0.2) is 91.0 Å². The van der Waals surface area contributed by atoms with Gasteiger partial charge in [0.2, 0.25) is 0 Å². The van der Waals surface area contributed by atoms with Gasteiger partial charge in [-0.2, -0.15) is 11.8 Å². The van der Waals surface area contributed by atoms with Crippen molar-refractivity contribution in [2.75, 3.05) is 38.0 Å². The molecule has 3 aromatic carbocycles. The molecule has 0 heterocycles. The second kappa shape index (κ2) is 20.6. The molecule has 0 aliphatic rings. The molecule has 49 heavy (non-hydrogen) atoms. The molecule has 3 rings (SSSR count). The third-order valence-corrected chi connectivity index (χ3v) is 10.5. The molecular weight excluding hydrogens is 655 g/mol. The van der Waals surface area contributed by atoms with Crippen molar-refractivity contribution < 1.29 is 23.9 Å². The number of hydrogen-bond acceptors (Lipinski definition) is 9. The molecule has 0 saturated carbocycles. The van der Waals surface area contributed by atoms with Crippen LogP contribution in [0.1, 0.15) is 70.6 Å². The Kier molecular flexibility index (Phi) is 17.0. The van der Waals surface area contributed by atoms with Gasteiger partial charge >= 0.3 is 12.1 Å². The first-order valence-electron chi connectivity index (χ1n) is 17.1. The van der Waals surface area contributed by atoms with Crippen LogP contribution in [0.5, 0.6) is 0 Å². The van der Waals surface area contributed by atoms with E-state index in [1.165, 1.54) is 12.3 Å². The lowest BCUT2D eigenvalue weighted by atomic mass is 9.84. The molecule has 268 valence electrons. The topological polar surface area (TPSA) is 89.1 Å². The Morgan fingerprint density at radius 1 is 0.857 bits per heavy atom. The number of hydrogen-bond donors (Lipinski definition) is 2. The van der Waals surface area contributed by atoms with Gasteiger partial charge in [0.05, 0.1) is 24.5 Å². The number of alkyl carbamates (subject to hydrolysis) is 1. The SMILES string of the molecule is CC[C@H](C)CCON(NCC(CSC(c1ccccc1)(c1ccccc1)c1ccccc1)NC(=O)OC(C)(C)C)[C@@H](CCSC)C(=O)OC. The Morgan fingerprint density at radius 2 is 1.39 bits per heavy atom. The fourth-order valence-corrected chi connectivity index (χ4v) is 7.34. The summed E-state index contributed by atoms with van der Waals surface area (Å²) in [5.74, 6) is 1.34. The molecule has 3 aromatic rings. The number of nitrogens with zero attached hydrogens (tertiary/aromatic N) is 1. The van der Waals surface area contributed by atoms with E-state index in [1.54, 1.807) is 23.5 Å². The van der Waals surface area contributed by atoms with Gasteiger partial charge in [0.15, 0.2) is 0 Å². The van der Waals surface area contributed by atoms with E-state index in [2.05, 4.69) is 97.4 Å². The first-order valence-corrected chi connectivity index (χ1v) is 19.4. The van der Waals surface area contributed by atoms with Crippen LogP contribution >= 0.6 is 23.5 Å². The van der Waals surface area contributed by atoms with Crippen LogP contribution in [-0.2, 0) is 23.9 Å². The van der Waals surface area contributed by atoms with Crippen molar-refractivity contribution in [3.8, 4) is 0 Å². The highest BCUT2D eigenvalue weighted by Gasteiger charge is 2.38. The van der Waals surface area contributed by atoms with E-state index in [9.17, 15) is 9.59 Å². The Labute approximate surface area is 302 Å². The first-order chi connectivity index (χ1) is 23.5. The van der Waals surface area contributed by atoms with Crippen LogP contribution in [0.4, 0.5) is 4.79 Å². The molecule has 3 atom stereocenters. The van der Waals surface area contributed by atoms with Crippen LogP contribution < -0.4 is 10.7 Å². The van der Waals surface area contributed by atoms with Gasteiger partial charge in [0.25, 0.3) is 0 Å². The van der Waals surface area contributed by atoms with E-state index in [0.29, 0.717) is 24.7 Å². The minimum atomic E-state index is -0.671. The van der Waals surface area contributed by atoms with Crippen molar-refractivity contribution in [1.29, 1.82) is 0 Å². The molecule has 0 saturated heterocycles. The van der Waals surface area contributed by atoms with Gasteiger partial charge < -0.3 is 14.8 Å². The summed E-state index contributed by atoms with van der Waals surface area (Å²) in [7, 11) is 1.39. The highest BCUT2D eigenvalue weighted by Crippen LogP contribution is 2.48. The molecule has 0 spiro atoms. The summed E-state index contributed by atoms with van der Waals surface area (Å²) in [4.78, 5) is 32.5. The molecular formula is C39H55N3O5S2. The number of hydrazine groups is 1. The zero-order valence-corrected chi connectivity index (χ0v) is 31.8. The van der Waals surface area contributed by atoms with Crippen molar-refractivity contribution in [2.24, 2.45) is 5.92 Å². The normalized spacial score (nSPS) is 13.8. The molecule has 0 aliphatic carbocycles. The maximum atomic E-state index is 13.3. The van der Waals surface area contributed by atoms with Crippen LogP contribution in [0, 0.1) is 5.92 Å². The highest BCUT2D eigenvalue weighted by atomic mass is 32.2. The van der Waals surface area contributed by atoms with Crippen molar-refractivity contribution in [2.45, 2.75) is 76.3 Å². The van der Waals surface area contributed by atoms with Crippen LogP contribution in [-0.4, -0.2) is 72.9 Å². The maximum absolute atomic E-state index is 13.3. The Bertz CT molecular complexity index is 1280. The van der Waals surface area contributed by atoms with Crippen molar-refractivity contribution in [3.63, 3.8) is 0 Å². The number of carbonyl (C=O) groups excluding carboxylic acids is 2. The van der Waals surface area contributed by atoms with E-state index in [-0.39, 0.29) is 12.5 Å². The zero-order valence-electron chi connectivity index (χ0n) is 30.1. The van der Waals surface area contributed by atoms with E-state index >= 15 is 0 Å². The number of benzene rings is 3. The molecule has 0 aliphatic heterocycles. The summed E-state index contributed by atoms with van der Waals surface area (Å²) in [5, 5.41) is 4.66. The number of rotatable bonds is 20. The third-order valence-electron chi connectivity index (χ3n) is 8.15. The lowest BCUT2D eigenvalue weighted by Gasteiger charge is -2.37. The largest absolute Gasteiger partial charge is 0.468 e. The number of amides is 1. The number of esters is 1. The minimum Gasteiger partial charge on any atom is -0.468 e. The van der Waals surface area contributed by atoms with Crippen LogP contribution in [0.3, 0.4) is 0 Å². The standard InChI is InChI=1S/C39H55N3O5S2/c1-8-30(2)24-26-46-42(35(25-27-48-7)36(43)45-6)40-28-34(41-37(44)47-38(3,4)5)29-49-39(31-18-12-9-13-19-31,32-20-14-10-15-21-32)33-22-16-11-17-23-33/h9-23,30,34-35,40H,8,24-29H2,1-7H3,(H,41,44)/t30-,34?,35-/m0/s1. The van der Waals surface area contributed by atoms with E-state index in [1.807, 2.05) is 45.2 Å². The number of hydroxylamine groups is 1. The predicted molar refractivity (Wildman–Crippen MR) is 203 cm³/mol. The summed E-state index contributed by atoms with van der Waals surface area (Å²) >= 11 is 3.40. The molecule has 0 aromatic heterocycles. The molecule has 1 amide bonds. The summed E-state index contributed by atoms with van der Waals surface area (Å²) < 4.78 is 10.3. The van der Waals surface area contributed by atoms with Crippen LogP contribution in [0.25, 0.3) is 0 Å². The fourth-order valence-electron chi connectivity index (χ4n) is 5.32. The number of ether oxygens (including phenoxy) is 2. The Morgan fingerprint density at radius 3 is 1.84 bits per heavy atom. The van der Waals surface area contributed by atoms with E-state index < -0.39 is 28.5 Å². The van der Waals surface area contributed by atoms with Crippen molar-refractivity contribution in [1.82, 2.24) is 15.9 Å². The van der Waals surface area contributed by atoms with Gasteiger partial charge in [-0.3, -0.25) is 9.63 Å². The summed E-state index contributed by atoms with van der Waals surface area (Å²) in [5.41, 5.74) is 6.08. The molecule has 8 nitrogen and oxygen atoms in total. The summed E-state index contributed by atoms with van der Waals surface area (Å²) in [6.07, 6.45) is 3.90. The van der Waals surface area contributed by atoms with Crippen molar-refractivity contribution >= 4 is 35.6 Å². The van der Waals surface area contributed by atoms with Gasteiger partial charge in [-0.1, -0.05) is 111 Å². The van der Waals surface area contributed by atoms with E-state index in [4.69, 9.17) is 14.3 Å². The second-order valence-electron chi connectivity index (χ2n) is 13.1. The highest BCUT2D eigenvalue weighted by molar-refractivity contribution is 8.00. The van der Waals surface area contributed by atoms with Gasteiger partial charge in [-0.25, -0.2) is 10.2 Å². The second-order valence-corrected chi connectivity index (χ2v) is 15.3. The van der Waals surface area contributed by atoms with Gasteiger partial charge in [-0.15, -0.1) is 16.9 Å². The molecule has 1 unspecified atom stereocenters. The Hall–Kier alpha value is -3.02. The predicted octanol–water partition coefficient (Wildman–Crippen LogP) is 8.07. The number of nitrogens with one attached hydrogen (secondary N) is 2. The monoisotopic (exact) mass is 709 g/mol.